The van der Waals surface area contributed by atoms with Gasteiger partial charge in [-0.15, -0.1) is 0 Å². The van der Waals surface area contributed by atoms with Crippen LogP contribution in [0.3, 0.4) is 0 Å². The van der Waals surface area contributed by atoms with E-state index in [2.05, 4.69) is 24.8 Å². The predicted molar refractivity (Wildman–Crippen MR) is 59.0 cm³/mol. The van der Waals surface area contributed by atoms with E-state index in [9.17, 15) is 4.79 Å². The second kappa shape index (κ2) is 7.80. The van der Waals surface area contributed by atoms with Crippen molar-refractivity contribution in [1.82, 2.24) is 0 Å². The summed E-state index contributed by atoms with van der Waals surface area (Å²) >= 11 is 0. The number of aliphatic carboxylic acids is 1. The van der Waals surface area contributed by atoms with Gasteiger partial charge in [-0.3, -0.25) is 0 Å². The first-order valence-electron chi connectivity index (χ1n) is 4.23. The largest absolute Gasteiger partial charge is 0.478 e. The number of carbonyl (C=O) groups is 1. The summed E-state index contributed by atoms with van der Waals surface area (Å²) in [5.41, 5.74) is 1.26. The molecule has 0 amide bonds. The lowest BCUT2D eigenvalue weighted by Gasteiger charge is -1.86. The fraction of sp³-hybridized carbons (Fsp3) is 0.0833. The van der Waals surface area contributed by atoms with E-state index in [1.165, 1.54) is 5.56 Å². The minimum Gasteiger partial charge on any atom is -0.478 e. The first kappa shape index (κ1) is 12.2. The van der Waals surface area contributed by atoms with Gasteiger partial charge >= 0.3 is 5.97 Å². The Hall–Kier alpha value is -1.83. The van der Waals surface area contributed by atoms with Crippen LogP contribution in [-0.2, 0) is 4.79 Å². The monoisotopic (exact) mass is 190 g/mol. The molecule has 0 radical (unpaired) electrons. The maximum absolute atomic E-state index is 9.25. The van der Waals surface area contributed by atoms with Crippen LogP contribution in [0.5, 0.6) is 0 Å². The Bertz CT molecular complexity index is 299. The summed E-state index contributed by atoms with van der Waals surface area (Å²) in [6, 6.07) is 10.3. The van der Waals surface area contributed by atoms with Crippen LogP contribution in [-0.4, -0.2) is 11.1 Å². The van der Waals surface area contributed by atoms with E-state index < -0.39 is 5.97 Å². The van der Waals surface area contributed by atoms with Crippen LogP contribution >= 0.6 is 0 Å². The number of hydrogen-bond acceptors (Lipinski definition) is 1. The van der Waals surface area contributed by atoms with E-state index in [4.69, 9.17) is 5.11 Å². The SMILES string of the molecule is C=CC(=O)O.CC=Cc1ccccc1. The van der Waals surface area contributed by atoms with Crippen molar-refractivity contribution >= 4 is 12.0 Å². The Kier molecular flexibility index (Phi) is 6.78. The topological polar surface area (TPSA) is 37.3 Å². The lowest BCUT2D eigenvalue weighted by molar-refractivity contribution is -0.131. The molecule has 0 heterocycles. The van der Waals surface area contributed by atoms with Crippen LogP contribution < -0.4 is 0 Å². The van der Waals surface area contributed by atoms with Crippen LogP contribution in [0.4, 0.5) is 0 Å². The van der Waals surface area contributed by atoms with Gasteiger partial charge in [0.15, 0.2) is 0 Å². The van der Waals surface area contributed by atoms with Crippen molar-refractivity contribution in [1.29, 1.82) is 0 Å². The summed E-state index contributed by atoms with van der Waals surface area (Å²) < 4.78 is 0. The molecule has 0 aliphatic rings. The first-order valence-corrected chi connectivity index (χ1v) is 4.23. The number of benzene rings is 1. The number of allylic oxidation sites excluding steroid dienone is 1. The summed E-state index contributed by atoms with van der Waals surface area (Å²) in [5, 5.41) is 7.60. The molecule has 1 aromatic carbocycles. The van der Waals surface area contributed by atoms with Crippen molar-refractivity contribution in [3.05, 3.63) is 54.6 Å². The van der Waals surface area contributed by atoms with Crippen molar-refractivity contribution in [2.24, 2.45) is 0 Å². The molecule has 0 saturated carbocycles. The molecule has 0 bridgehead atoms. The Balaban J connectivity index is 0.000000292. The van der Waals surface area contributed by atoms with Gasteiger partial charge in [0.1, 0.15) is 0 Å². The zero-order valence-electron chi connectivity index (χ0n) is 8.18. The van der Waals surface area contributed by atoms with Gasteiger partial charge < -0.3 is 5.11 Å². The molecular weight excluding hydrogens is 176 g/mol. The van der Waals surface area contributed by atoms with Crippen molar-refractivity contribution < 1.29 is 9.90 Å². The highest BCUT2D eigenvalue weighted by Gasteiger charge is 1.77. The molecule has 2 heteroatoms. The highest BCUT2D eigenvalue weighted by molar-refractivity contribution is 5.78. The molecule has 14 heavy (non-hydrogen) atoms. The average molecular weight is 190 g/mol. The van der Waals surface area contributed by atoms with E-state index in [-0.39, 0.29) is 0 Å². The summed E-state index contributed by atoms with van der Waals surface area (Å²) in [5.74, 6) is -0.981. The van der Waals surface area contributed by atoms with Crippen molar-refractivity contribution in [3.63, 3.8) is 0 Å². The minimum absolute atomic E-state index is 0.833. The Labute approximate surface area is 84.2 Å². The molecule has 0 fully saturated rings. The fourth-order valence-electron chi connectivity index (χ4n) is 0.757. The van der Waals surface area contributed by atoms with E-state index in [1.807, 2.05) is 31.2 Å². The Morgan fingerprint density at radius 1 is 1.36 bits per heavy atom. The molecule has 0 aromatic heterocycles. The Morgan fingerprint density at radius 2 is 1.86 bits per heavy atom. The highest BCUT2D eigenvalue weighted by Crippen LogP contribution is 1.99. The van der Waals surface area contributed by atoms with Gasteiger partial charge in [-0.05, 0) is 12.5 Å². The predicted octanol–water partition coefficient (Wildman–Crippen LogP) is 2.98. The number of hydrogen-bond donors (Lipinski definition) is 1. The molecule has 0 saturated heterocycles. The summed E-state index contributed by atoms with van der Waals surface area (Å²) in [4.78, 5) is 9.25. The van der Waals surface area contributed by atoms with E-state index >= 15 is 0 Å². The summed E-state index contributed by atoms with van der Waals surface area (Å²) in [6.45, 7) is 4.98. The molecule has 2 nitrogen and oxygen atoms in total. The van der Waals surface area contributed by atoms with Gasteiger partial charge in [-0.25, -0.2) is 4.79 Å². The van der Waals surface area contributed by atoms with E-state index in [0.717, 1.165) is 6.08 Å². The molecule has 0 unspecified atom stereocenters. The van der Waals surface area contributed by atoms with Gasteiger partial charge in [-0.2, -0.15) is 0 Å². The molecule has 0 atom stereocenters. The third-order valence-corrected chi connectivity index (χ3v) is 1.33. The Morgan fingerprint density at radius 3 is 2.21 bits per heavy atom. The normalized spacial score (nSPS) is 8.93. The number of carboxylic acid groups (broad SMARTS) is 1. The third-order valence-electron chi connectivity index (χ3n) is 1.33. The smallest absolute Gasteiger partial charge is 0.327 e. The molecule has 74 valence electrons. The molecule has 0 spiro atoms. The maximum Gasteiger partial charge on any atom is 0.327 e. The second-order valence-corrected chi connectivity index (χ2v) is 2.45. The van der Waals surface area contributed by atoms with Crippen molar-refractivity contribution in [2.75, 3.05) is 0 Å². The second-order valence-electron chi connectivity index (χ2n) is 2.45. The van der Waals surface area contributed by atoms with Crippen molar-refractivity contribution in [2.45, 2.75) is 6.92 Å². The lowest BCUT2D eigenvalue weighted by Crippen LogP contribution is -1.82. The van der Waals surface area contributed by atoms with Crippen molar-refractivity contribution in [3.8, 4) is 0 Å². The zero-order chi connectivity index (χ0) is 10.8. The van der Waals surface area contributed by atoms with Gasteiger partial charge in [0.05, 0.1) is 0 Å². The molecular formula is C12H14O2. The highest BCUT2D eigenvalue weighted by atomic mass is 16.4. The van der Waals surface area contributed by atoms with Gasteiger partial charge in [0, 0.05) is 6.08 Å². The first-order chi connectivity index (χ1) is 6.70. The average Bonchev–Trinajstić information content (AvgIpc) is 2.21. The maximum atomic E-state index is 9.25. The zero-order valence-corrected chi connectivity index (χ0v) is 8.18. The summed E-state index contributed by atoms with van der Waals surface area (Å²) in [6.07, 6.45) is 4.95. The molecule has 0 aliphatic carbocycles. The fourth-order valence-corrected chi connectivity index (χ4v) is 0.757. The van der Waals surface area contributed by atoms with Crippen LogP contribution in [0.25, 0.3) is 6.08 Å². The molecule has 1 N–H and O–H groups in total. The third kappa shape index (κ3) is 6.85. The van der Waals surface area contributed by atoms with Gasteiger partial charge in [0.2, 0.25) is 0 Å². The number of carboxylic acids is 1. The standard InChI is InChI=1S/C9H10.C3H4O2/c1-2-6-9-7-4-3-5-8-9;1-2-3(4)5/h2-8H,1H3;2H,1H2,(H,4,5). The quantitative estimate of drug-likeness (QED) is 0.728. The van der Waals surface area contributed by atoms with E-state index in [0.29, 0.717) is 0 Å². The van der Waals surface area contributed by atoms with Crippen LogP contribution in [0.15, 0.2) is 49.1 Å². The van der Waals surface area contributed by atoms with Gasteiger partial charge in [0.25, 0.3) is 0 Å². The summed E-state index contributed by atoms with van der Waals surface area (Å²) in [7, 11) is 0. The molecule has 1 rings (SSSR count). The van der Waals surface area contributed by atoms with Gasteiger partial charge in [-0.1, -0.05) is 49.1 Å². The van der Waals surface area contributed by atoms with Crippen LogP contribution in [0, 0.1) is 0 Å². The van der Waals surface area contributed by atoms with Crippen LogP contribution in [0.1, 0.15) is 12.5 Å². The minimum atomic E-state index is -0.981. The molecule has 0 aliphatic heterocycles. The molecule has 1 aromatic rings. The lowest BCUT2D eigenvalue weighted by atomic mass is 10.2. The van der Waals surface area contributed by atoms with Crippen LogP contribution in [0.2, 0.25) is 0 Å². The van der Waals surface area contributed by atoms with E-state index in [1.54, 1.807) is 0 Å². The number of rotatable bonds is 2.